The largest absolute Gasteiger partial charge is 0.398 e. The average Bonchev–Trinajstić information content (AvgIpc) is 3.21. The SMILES string of the molecule is CC(=O)c1[c-]nn2ccc(C)cc12.Cc1cc[n+](N)cc1.Cc1ccncc1.[C-]#CC(C)=O.[Y].[Y]. The number of hydrogen-bond acceptors (Lipinski definition) is 5. The monoisotopic (exact) mass is 620 g/mol. The molecule has 7 nitrogen and oxygen atoms in total. The van der Waals surface area contributed by atoms with Gasteiger partial charge in [0.05, 0.1) is 5.78 Å². The molecule has 0 saturated carbocycles. The molecule has 0 atom stereocenters. The van der Waals surface area contributed by atoms with Crippen molar-refractivity contribution in [3.63, 3.8) is 0 Å². The van der Waals surface area contributed by atoms with Crippen molar-refractivity contribution in [3.05, 3.63) is 102 Å². The van der Waals surface area contributed by atoms with Gasteiger partial charge in [0.25, 0.3) is 0 Å². The van der Waals surface area contributed by atoms with Crippen LogP contribution in [0.1, 0.15) is 40.9 Å². The molecule has 0 aliphatic rings. The zero-order chi connectivity index (χ0) is 24.8. The van der Waals surface area contributed by atoms with Gasteiger partial charge in [-0.1, -0.05) is 23.2 Å². The van der Waals surface area contributed by atoms with Crippen LogP contribution in [0.3, 0.4) is 0 Å². The number of fused-ring (bicyclic) bond motifs is 1. The molecule has 0 fully saturated rings. The van der Waals surface area contributed by atoms with Crippen LogP contribution in [0.15, 0.2) is 67.4 Å². The number of aryl methyl sites for hydroxylation is 3. The molecular formula is C26H28N5O2Y2-. The molecule has 0 aliphatic heterocycles. The molecule has 0 spiro atoms. The smallest absolute Gasteiger partial charge is 0.199 e. The number of nitrogens with two attached hydrogens (primary N) is 1. The predicted molar refractivity (Wildman–Crippen MR) is 127 cm³/mol. The van der Waals surface area contributed by atoms with E-state index in [1.807, 2.05) is 75.8 Å². The molecule has 2 N–H and O–H groups in total. The maximum Gasteiger partial charge on any atom is 0.199 e. The molecule has 176 valence electrons. The second-order valence-electron chi connectivity index (χ2n) is 7.11. The second-order valence-corrected chi connectivity index (χ2v) is 7.11. The van der Waals surface area contributed by atoms with Gasteiger partial charge in [0, 0.05) is 102 Å². The van der Waals surface area contributed by atoms with Gasteiger partial charge < -0.3 is 20.5 Å². The molecule has 0 saturated heterocycles. The number of rotatable bonds is 1. The van der Waals surface area contributed by atoms with Crippen LogP contribution in [0.5, 0.6) is 0 Å². The van der Waals surface area contributed by atoms with Crippen LogP contribution in [0.4, 0.5) is 0 Å². The minimum atomic E-state index is -0.329. The van der Waals surface area contributed by atoms with Gasteiger partial charge in [-0.25, -0.2) is 5.84 Å². The summed E-state index contributed by atoms with van der Waals surface area (Å²) in [5.41, 5.74) is 4.99. The number of Topliss-reactive ketones (excluding diaryl/α,β-unsaturated/α-hetero) is 2. The summed E-state index contributed by atoms with van der Waals surface area (Å²) in [6.45, 7) is 8.86. The maximum atomic E-state index is 11.1. The van der Waals surface area contributed by atoms with Crippen molar-refractivity contribution in [2.75, 3.05) is 5.84 Å². The normalized spacial score (nSPS) is 8.57. The Morgan fingerprint density at radius 2 is 1.49 bits per heavy atom. The predicted octanol–water partition coefficient (Wildman–Crippen LogP) is 3.19. The van der Waals surface area contributed by atoms with E-state index in [0.29, 0.717) is 5.56 Å². The molecule has 9 heteroatoms. The quantitative estimate of drug-likeness (QED) is 0.116. The van der Waals surface area contributed by atoms with E-state index in [1.54, 1.807) is 22.8 Å². The zero-order valence-corrected chi connectivity index (χ0v) is 26.4. The summed E-state index contributed by atoms with van der Waals surface area (Å²) in [5.74, 6) is 6.65. The molecule has 2 radical (unpaired) electrons. The van der Waals surface area contributed by atoms with Crippen LogP contribution >= 0.6 is 0 Å². The van der Waals surface area contributed by atoms with Crippen LogP contribution in [0.25, 0.3) is 5.52 Å². The van der Waals surface area contributed by atoms with E-state index in [-0.39, 0.29) is 77.0 Å². The van der Waals surface area contributed by atoms with Crippen molar-refractivity contribution in [2.45, 2.75) is 34.6 Å². The Morgan fingerprint density at radius 3 is 1.89 bits per heavy atom. The van der Waals surface area contributed by atoms with E-state index in [9.17, 15) is 9.59 Å². The van der Waals surface area contributed by atoms with Gasteiger partial charge >= 0.3 is 0 Å². The number of nitrogens with zero attached hydrogens (tertiary/aromatic N) is 4. The van der Waals surface area contributed by atoms with Gasteiger partial charge in [-0.05, 0) is 68.7 Å². The second kappa shape index (κ2) is 19.1. The summed E-state index contributed by atoms with van der Waals surface area (Å²) in [6, 6.07) is 11.7. The summed E-state index contributed by atoms with van der Waals surface area (Å²) in [4.78, 5) is 24.5. The number of nitrogen functional groups attached to an aromatic ring is 1. The Labute approximate surface area is 257 Å². The molecule has 0 aromatic carbocycles. The van der Waals surface area contributed by atoms with Gasteiger partial charge in [0.15, 0.2) is 12.4 Å². The first-order chi connectivity index (χ1) is 15.6. The number of hydrogen-bond donors (Lipinski definition) is 1. The van der Waals surface area contributed by atoms with E-state index in [1.165, 1.54) is 29.7 Å². The van der Waals surface area contributed by atoms with Crippen molar-refractivity contribution >= 4 is 17.1 Å². The van der Waals surface area contributed by atoms with Gasteiger partial charge in [-0.3, -0.25) is 16.0 Å². The van der Waals surface area contributed by atoms with Crippen molar-refractivity contribution in [3.8, 4) is 5.92 Å². The topological polar surface area (TPSA) is 94.2 Å². The molecule has 0 aliphatic carbocycles. The third-order valence-corrected chi connectivity index (χ3v) is 4.01. The summed E-state index contributed by atoms with van der Waals surface area (Å²) in [7, 11) is 0. The van der Waals surface area contributed by atoms with Crippen molar-refractivity contribution in [1.29, 1.82) is 0 Å². The van der Waals surface area contributed by atoms with E-state index >= 15 is 0 Å². The van der Waals surface area contributed by atoms with Gasteiger partial charge in [0.1, 0.15) is 0 Å². The van der Waals surface area contributed by atoms with Crippen LogP contribution in [-0.2, 0) is 70.2 Å². The maximum absolute atomic E-state index is 11.1. The summed E-state index contributed by atoms with van der Waals surface area (Å²) >= 11 is 0. The van der Waals surface area contributed by atoms with E-state index in [4.69, 9.17) is 12.3 Å². The van der Waals surface area contributed by atoms with E-state index in [0.717, 1.165) is 11.1 Å². The molecule has 4 aromatic rings. The number of pyridine rings is 3. The Morgan fingerprint density at radius 1 is 0.971 bits per heavy atom. The van der Waals surface area contributed by atoms with Crippen LogP contribution in [-0.4, -0.2) is 26.2 Å². The summed E-state index contributed by atoms with van der Waals surface area (Å²) in [5, 5.41) is 3.95. The van der Waals surface area contributed by atoms with Gasteiger partial charge in [0.2, 0.25) is 0 Å². The number of carbonyl (C=O) groups excluding carboxylic acids is 2. The summed E-state index contributed by atoms with van der Waals surface area (Å²) < 4.78 is 3.18. The number of carbonyl (C=O) groups is 2. The Bertz CT molecular complexity index is 1200. The number of ketones is 2. The van der Waals surface area contributed by atoms with Crippen LogP contribution in [0, 0.1) is 39.3 Å². The first-order valence-corrected chi connectivity index (χ1v) is 10.0. The molecule has 4 heterocycles. The van der Waals surface area contributed by atoms with Gasteiger partial charge in [-0.15, -0.1) is 5.56 Å². The van der Waals surface area contributed by atoms with E-state index < -0.39 is 0 Å². The molecule has 0 amide bonds. The van der Waals surface area contributed by atoms with Gasteiger partial charge in [-0.2, -0.15) is 0 Å². The van der Waals surface area contributed by atoms with Crippen molar-refractivity contribution in [2.24, 2.45) is 0 Å². The van der Waals surface area contributed by atoms with Crippen molar-refractivity contribution in [1.82, 2.24) is 14.6 Å². The third-order valence-electron chi connectivity index (χ3n) is 4.01. The van der Waals surface area contributed by atoms with Crippen LogP contribution < -0.4 is 10.5 Å². The Balaban J connectivity index is 0. The van der Waals surface area contributed by atoms with Crippen LogP contribution in [0.2, 0.25) is 0 Å². The first kappa shape index (κ1) is 35.1. The summed E-state index contributed by atoms with van der Waals surface area (Å²) in [6.07, 6.45) is 17.8. The molecular weight excluding hydrogens is 592 g/mol. The molecule has 4 rings (SSSR count). The van der Waals surface area contributed by atoms with E-state index in [2.05, 4.69) is 16.3 Å². The minimum absolute atomic E-state index is 0. The average molecular weight is 620 g/mol. The number of aromatic nitrogens is 4. The first-order valence-electron chi connectivity index (χ1n) is 10.0. The minimum Gasteiger partial charge on any atom is -0.398 e. The molecule has 0 bridgehead atoms. The fourth-order valence-electron chi connectivity index (χ4n) is 2.23. The van der Waals surface area contributed by atoms with Crippen molar-refractivity contribution < 1.29 is 79.7 Å². The molecule has 35 heavy (non-hydrogen) atoms. The standard InChI is InChI=1S/C10H9N2O.C6H9N2.C6H7N.C4H3O.2Y/c1-7-3-4-12-10(5-7)9(6-11-12)8(2)13;1-6-2-4-8(7)5-3-6;1-6-2-4-7-5-3-6;1-3-4(2)5;;/h3-5H,1-2H3;2-5H,7H2,1H3;2-5H,1H3;2H3;;/q-1;+1;;-1;;. The zero-order valence-electron chi connectivity index (χ0n) is 20.7. The fourth-order valence-corrected chi connectivity index (χ4v) is 2.23. The Kier molecular flexibility index (Phi) is 19.2. The fraction of sp³-hybridized carbons (Fsp3) is 0.192. The molecule has 0 unspecified atom stereocenters. The molecule has 4 aromatic heterocycles. The Hall–Kier alpha value is -2.10. The third kappa shape index (κ3) is 14.8.